The van der Waals surface area contributed by atoms with E-state index in [1.54, 1.807) is 35.0 Å². The third-order valence-corrected chi connectivity index (χ3v) is 2.65. The Bertz CT molecular complexity index is 353. The number of rotatable bonds is 4. The van der Waals surface area contributed by atoms with Gasteiger partial charge in [-0.3, -0.25) is 4.79 Å². The number of hydrogen-bond acceptors (Lipinski definition) is 4. The second kappa shape index (κ2) is 5.76. The molecule has 0 heterocycles. The van der Waals surface area contributed by atoms with Crippen LogP contribution in [0.5, 0.6) is 5.75 Å². The smallest absolute Gasteiger partial charge is 0.304 e. The minimum atomic E-state index is -0.725. The summed E-state index contributed by atoms with van der Waals surface area (Å²) in [6, 6.07) is 5.81. The first-order valence-corrected chi connectivity index (χ1v) is 5.26. The number of phenolic OH excluding ortho intramolecular Hbond substituents is 1. The van der Waals surface area contributed by atoms with Crippen LogP contribution in [0.4, 0.5) is 0 Å². The number of benzene rings is 1. The molecule has 0 saturated heterocycles. The van der Waals surface area contributed by atoms with Crippen molar-refractivity contribution in [2.45, 2.75) is 12.5 Å². The van der Waals surface area contributed by atoms with Gasteiger partial charge in [0.25, 0.3) is 0 Å². The number of nitroso groups, excluding NO2 is 1. The number of phenols is 1. The summed E-state index contributed by atoms with van der Waals surface area (Å²) >= 11 is 1.80. The van der Waals surface area contributed by atoms with E-state index in [1.807, 2.05) is 0 Å². The molecule has 0 bridgehead atoms. The maximum absolute atomic E-state index is 11.0. The van der Waals surface area contributed by atoms with Crippen molar-refractivity contribution < 1.29 is 9.90 Å². The Morgan fingerprint density at radius 1 is 1.47 bits per heavy atom. The number of amides is 1. The molecule has 1 unspecified atom stereocenters. The second-order valence-electron chi connectivity index (χ2n) is 2.96. The number of aromatic hydroxyl groups is 1. The maximum Gasteiger partial charge on any atom is 0.304 e. The summed E-state index contributed by atoms with van der Waals surface area (Å²) in [5.41, 5.74) is 0.846. The average Bonchev–Trinajstić information content (AvgIpc) is 2.27. The molecule has 0 aliphatic carbocycles. The molecule has 1 rings (SSSR count). The predicted molar refractivity (Wildman–Crippen MR) is 63.6 cm³/mol. The van der Waals surface area contributed by atoms with Crippen molar-refractivity contribution in [2.75, 3.05) is 0 Å². The Hall–Kier alpha value is -1.02. The third-order valence-electron chi connectivity index (χ3n) is 1.90. The van der Waals surface area contributed by atoms with Crippen LogP contribution >= 0.6 is 22.9 Å². The molecule has 2 N–H and O–H groups in total. The van der Waals surface area contributed by atoms with Crippen LogP contribution < -0.4 is 3.53 Å². The summed E-state index contributed by atoms with van der Waals surface area (Å²) in [7, 11) is 0. The molecule has 0 fully saturated rings. The van der Waals surface area contributed by atoms with Crippen molar-refractivity contribution in [1.29, 1.82) is 0 Å². The molecule has 1 amide bonds. The van der Waals surface area contributed by atoms with Crippen molar-refractivity contribution in [3.05, 3.63) is 34.7 Å². The van der Waals surface area contributed by atoms with Crippen LogP contribution in [-0.2, 0) is 11.2 Å². The summed E-state index contributed by atoms with van der Waals surface area (Å²) in [4.78, 5) is 21.1. The highest BCUT2D eigenvalue weighted by atomic mass is 127. The molecule has 0 saturated carbocycles. The van der Waals surface area contributed by atoms with Gasteiger partial charge in [-0.1, -0.05) is 12.1 Å². The molecule has 15 heavy (non-hydrogen) atoms. The van der Waals surface area contributed by atoms with Gasteiger partial charge in [0.1, 0.15) is 11.8 Å². The van der Waals surface area contributed by atoms with Crippen LogP contribution in [0.3, 0.4) is 0 Å². The van der Waals surface area contributed by atoms with E-state index in [-0.39, 0.29) is 5.75 Å². The lowest BCUT2D eigenvalue weighted by Gasteiger charge is -2.09. The van der Waals surface area contributed by atoms with E-state index < -0.39 is 11.9 Å². The first kappa shape index (κ1) is 12.1. The molecule has 6 heteroatoms. The largest absolute Gasteiger partial charge is 0.508 e. The number of carbonyl (C=O) groups excluding carboxylic acids is 1. The quantitative estimate of drug-likeness (QED) is 0.501. The van der Waals surface area contributed by atoms with Gasteiger partial charge in [0, 0.05) is 28.0 Å². The zero-order valence-corrected chi connectivity index (χ0v) is 9.84. The van der Waals surface area contributed by atoms with E-state index in [9.17, 15) is 9.70 Å². The molecule has 0 radical (unpaired) electrons. The first-order valence-electron chi connectivity index (χ1n) is 4.18. The van der Waals surface area contributed by atoms with Gasteiger partial charge in [0.15, 0.2) is 0 Å². The Morgan fingerprint density at radius 3 is 2.53 bits per heavy atom. The van der Waals surface area contributed by atoms with E-state index in [4.69, 9.17) is 5.11 Å². The van der Waals surface area contributed by atoms with Crippen LogP contribution in [0.15, 0.2) is 29.4 Å². The van der Waals surface area contributed by atoms with Crippen molar-refractivity contribution in [3.63, 3.8) is 0 Å². The number of nitrogens with one attached hydrogen (secondary N) is 1. The predicted octanol–water partition coefficient (Wildman–Crippen LogP) is 1.54. The summed E-state index contributed by atoms with van der Waals surface area (Å²) < 4.78 is 2.68. The number of halogens is 1. The van der Waals surface area contributed by atoms with Gasteiger partial charge in [0.2, 0.25) is 0 Å². The molecule has 1 aromatic carbocycles. The molecule has 1 atom stereocenters. The van der Waals surface area contributed by atoms with Gasteiger partial charge in [-0.15, -0.1) is 4.91 Å². The number of carbonyl (C=O) groups is 1. The van der Waals surface area contributed by atoms with Gasteiger partial charge in [0.05, 0.1) is 0 Å². The van der Waals surface area contributed by atoms with Gasteiger partial charge in [-0.05, 0) is 24.1 Å². The Labute approximate surface area is 100 Å². The highest BCUT2D eigenvalue weighted by Crippen LogP contribution is 2.12. The fraction of sp³-hybridized carbons (Fsp3) is 0.222. The van der Waals surface area contributed by atoms with Crippen LogP contribution in [0, 0.1) is 4.91 Å². The second-order valence-corrected chi connectivity index (χ2v) is 3.58. The van der Waals surface area contributed by atoms with Crippen molar-refractivity contribution in [3.8, 4) is 5.75 Å². The van der Waals surface area contributed by atoms with E-state index in [1.165, 1.54) is 12.1 Å². The maximum atomic E-state index is 11.0. The summed E-state index contributed by atoms with van der Waals surface area (Å²) in [6.07, 6.45) is 0.369. The summed E-state index contributed by atoms with van der Waals surface area (Å²) in [5, 5.41) is 11.4. The third kappa shape index (κ3) is 3.56. The summed E-state index contributed by atoms with van der Waals surface area (Å²) in [5.74, 6) is -0.560. The molecule has 5 nitrogen and oxygen atoms in total. The summed E-state index contributed by atoms with van der Waals surface area (Å²) in [6.45, 7) is 0. The lowest BCUT2D eigenvalue weighted by molar-refractivity contribution is -0.119. The zero-order valence-electron chi connectivity index (χ0n) is 7.68. The molecular formula is C9H9IN2O3. The van der Waals surface area contributed by atoms with Gasteiger partial charge in [-0.25, -0.2) is 3.53 Å². The monoisotopic (exact) mass is 320 g/mol. The van der Waals surface area contributed by atoms with Crippen molar-refractivity contribution >= 4 is 28.8 Å². The fourth-order valence-electron chi connectivity index (χ4n) is 1.10. The Morgan fingerprint density at radius 2 is 2.07 bits per heavy atom. The minimum Gasteiger partial charge on any atom is -0.508 e. The van der Waals surface area contributed by atoms with Crippen molar-refractivity contribution in [2.24, 2.45) is 5.18 Å². The highest BCUT2D eigenvalue weighted by Gasteiger charge is 2.17. The Kier molecular flexibility index (Phi) is 4.63. The molecule has 0 spiro atoms. The molecule has 0 aliphatic rings. The number of nitrogens with zero attached hydrogens (tertiary/aromatic N) is 1. The lowest BCUT2D eigenvalue weighted by Crippen LogP contribution is -2.31. The molecule has 0 aliphatic heterocycles. The first-order chi connectivity index (χ1) is 7.17. The van der Waals surface area contributed by atoms with Crippen molar-refractivity contribution in [1.82, 2.24) is 3.53 Å². The molecular weight excluding hydrogens is 311 g/mol. The lowest BCUT2D eigenvalue weighted by atomic mass is 10.1. The van der Waals surface area contributed by atoms with Crippen LogP contribution in [0.1, 0.15) is 5.56 Å². The SMILES string of the molecule is O=NC(=O)C(Cc1ccc(O)cc1)NI. The van der Waals surface area contributed by atoms with Gasteiger partial charge in [-0.2, -0.15) is 0 Å². The number of hydrogen-bond donors (Lipinski definition) is 2. The normalized spacial score (nSPS) is 12.1. The molecule has 1 aromatic rings. The molecule has 0 aromatic heterocycles. The average molecular weight is 320 g/mol. The van der Waals surface area contributed by atoms with Crippen LogP contribution in [0.2, 0.25) is 0 Å². The van der Waals surface area contributed by atoms with Crippen LogP contribution in [-0.4, -0.2) is 17.1 Å². The highest BCUT2D eigenvalue weighted by molar-refractivity contribution is 14.1. The molecule has 80 valence electrons. The topological polar surface area (TPSA) is 78.8 Å². The Balaban J connectivity index is 2.70. The van der Waals surface area contributed by atoms with Gasteiger partial charge < -0.3 is 5.11 Å². The zero-order chi connectivity index (χ0) is 11.3. The van der Waals surface area contributed by atoms with E-state index in [0.717, 1.165) is 5.56 Å². The van der Waals surface area contributed by atoms with E-state index in [2.05, 4.69) is 8.71 Å². The fourth-order valence-corrected chi connectivity index (χ4v) is 1.59. The van der Waals surface area contributed by atoms with Crippen LogP contribution in [0.25, 0.3) is 0 Å². The van der Waals surface area contributed by atoms with Gasteiger partial charge >= 0.3 is 5.91 Å². The standard InChI is InChI=1S/C9H9IN2O3/c10-11-8(9(14)12-15)5-6-1-3-7(13)4-2-6/h1-4,8,11,13H,5H2. The van der Waals surface area contributed by atoms with E-state index >= 15 is 0 Å². The van der Waals surface area contributed by atoms with E-state index in [0.29, 0.717) is 6.42 Å². The minimum absolute atomic E-state index is 0.164.